The number of nitrogens with zero attached hydrogens (tertiary/aromatic N) is 3. The summed E-state index contributed by atoms with van der Waals surface area (Å²) in [5, 5.41) is 0. The van der Waals surface area contributed by atoms with Crippen molar-refractivity contribution in [2.24, 2.45) is 5.92 Å². The number of aromatic nitrogens is 3. The molecule has 1 saturated heterocycles. The second kappa shape index (κ2) is 5.70. The van der Waals surface area contributed by atoms with Gasteiger partial charge in [-0.05, 0) is 31.9 Å². The summed E-state index contributed by atoms with van der Waals surface area (Å²) in [6.45, 7) is 5.96. The van der Waals surface area contributed by atoms with Crippen molar-refractivity contribution in [2.75, 3.05) is 12.5 Å². The van der Waals surface area contributed by atoms with Crippen molar-refractivity contribution in [1.29, 1.82) is 0 Å². The van der Waals surface area contributed by atoms with Gasteiger partial charge in [0.25, 0.3) is 0 Å². The monoisotopic (exact) mass is 293 g/mol. The fourth-order valence-corrected chi connectivity index (χ4v) is 3.05. The maximum atomic E-state index is 5.91. The van der Waals surface area contributed by atoms with E-state index in [1.807, 2.05) is 13.1 Å². The number of pyridine rings is 1. The average molecular weight is 294 g/mol. The Morgan fingerprint density at radius 1 is 1.50 bits per heavy atom. The van der Waals surface area contributed by atoms with E-state index in [0.29, 0.717) is 17.9 Å². The standard InChI is InChI=1S/C15H20ClN3O/c1-10-7-13-15(17-8-10)19(14(18-13)3-5-16)9-12-4-6-20-11(12)2/h7-8,11-12H,3-6,9H2,1-2H3. The predicted molar refractivity (Wildman–Crippen MR) is 80.2 cm³/mol. The number of alkyl halides is 1. The summed E-state index contributed by atoms with van der Waals surface area (Å²) in [6.07, 6.45) is 4.09. The lowest BCUT2D eigenvalue weighted by molar-refractivity contribution is 0.102. The zero-order chi connectivity index (χ0) is 14.1. The lowest BCUT2D eigenvalue weighted by Gasteiger charge is -2.16. The molecule has 0 amide bonds. The molecule has 4 nitrogen and oxygen atoms in total. The van der Waals surface area contributed by atoms with E-state index in [4.69, 9.17) is 21.3 Å². The number of imidazole rings is 1. The lowest BCUT2D eigenvalue weighted by Crippen LogP contribution is -2.19. The van der Waals surface area contributed by atoms with Crippen LogP contribution >= 0.6 is 11.6 Å². The molecular formula is C15H20ClN3O. The molecule has 20 heavy (non-hydrogen) atoms. The number of aryl methyl sites for hydroxylation is 2. The number of ether oxygens (including phenoxy) is 1. The van der Waals surface area contributed by atoms with Crippen LogP contribution in [-0.4, -0.2) is 33.1 Å². The molecule has 2 aromatic rings. The first-order chi connectivity index (χ1) is 9.69. The first-order valence-electron chi connectivity index (χ1n) is 7.18. The van der Waals surface area contributed by atoms with Gasteiger partial charge in [0.15, 0.2) is 5.65 Å². The summed E-state index contributed by atoms with van der Waals surface area (Å²) in [5.41, 5.74) is 3.07. The number of fused-ring (bicyclic) bond motifs is 1. The second-order valence-corrected chi connectivity index (χ2v) is 5.94. The van der Waals surface area contributed by atoms with Crippen LogP contribution in [0.5, 0.6) is 0 Å². The Balaban J connectivity index is 1.99. The van der Waals surface area contributed by atoms with Crippen LogP contribution in [0, 0.1) is 12.8 Å². The van der Waals surface area contributed by atoms with Gasteiger partial charge in [0, 0.05) is 37.6 Å². The van der Waals surface area contributed by atoms with E-state index in [9.17, 15) is 0 Å². The molecule has 3 heterocycles. The van der Waals surface area contributed by atoms with Gasteiger partial charge in [-0.3, -0.25) is 0 Å². The van der Waals surface area contributed by atoms with Gasteiger partial charge in [0.2, 0.25) is 0 Å². The van der Waals surface area contributed by atoms with Crippen LogP contribution in [0.4, 0.5) is 0 Å². The minimum Gasteiger partial charge on any atom is -0.378 e. The topological polar surface area (TPSA) is 39.9 Å². The molecule has 0 N–H and O–H groups in total. The van der Waals surface area contributed by atoms with Gasteiger partial charge in [-0.1, -0.05) is 0 Å². The maximum Gasteiger partial charge on any atom is 0.160 e. The zero-order valence-electron chi connectivity index (χ0n) is 12.0. The summed E-state index contributed by atoms with van der Waals surface area (Å²) >= 11 is 5.91. The third-order valence-electron chi connectivity index (χ3n) is 4.07. The summed E-state index contributed by atoms with van der Waals surface area (Å²) in [5.74, 6) is 2.15. The van der Waals surface area contributed by atoms with Crippen LogP contribution in [0.2, 0.25) is 0 Å². The molecule has 0 bridgehead atoms. The number of rotatable bonds is 4. The van der Waals surface area contributed by atoms with Gasteiger partial charge in [-0.15, -0.1) is 11.6 Å². The van der Waals surface area contributed by atoms with Crippen molar-refractivity contribution >= 4 is 22.8 Å². The molecule has 2 atom stereocenters. The third kappa shape index (κ3) is 2.54. The van der Waals surface area contributed by atoms with Crippen molar-refractivity contribution in [1.82, 2.24) is 14.5 Å². The molecule has 3 rings (SSSR count). The van der Waals surface area contributed by atoms with Crippen molar-refractivity contribution in [3.05, 3.63) is 23.7 Å². The van der Waals surface area contributed by atoms with Gasteiger partial charge in [-0.25, -0.2) is 9.97 Å². The molecule has 5 heteroatoms. The first-order valence-corrected chi connectivity index (χ1v) is 7.72. The molecule has 2 aromatic heterocycles. The molecular weight excluding hydrogens is 274 g/mol. The molecule has 0 spiro atoms. The van der Waals surface area contributed by atoms with Crippen molar-refractivity contribution in [3.63, 3.8) is 0 Å². The third-order valence-corrected chi connectivity index (χ3v) is 4.26. The fraction of sp³-hybridized carbons (Fsp3) is 0.600. The zero-order valence-corrected chi connectivity index (χ0v) is 12.7. The van der Waals surface area contributed by atoms with Crippen LogP contribution < -0.4 is 0 Å². The molecule has 0 aliphatic carbocycles. The van der Waals surface area contributed by atoms with Crippen LogP contribution in [0.15, 0.2) is 12.3 Å². The highest BCUT2D eigenvalue weighted by atomic mass is 35.5. The van der Waals surface area contributed by atoms with Gasteiger partial charge in [0.1, 0.15) is 11.3 Å². The van der Waals surface area contributed by atoms with Gasteiger partial charge in [0.05, 0.1) is 6.10 Å². The van der Waals surface area contributed by atoms with E-state index in [2.05, 4.69) is 22.5 Å². The Morgan fingerprint density at radius 2 is 2.35 bits per heavy atom. The molecule has 0 aromatic carbocycles. The Hall–Kier alpha value is -1.13. The highest BCUT2D eigenvalue weighted by molar-refractivity contribution is 6.17. The first kappa shape index (κ1) is 13.8. The van der Waals surface area contributed by atoms with Crippen molar-refractivity contribution < 1.29 is 4.74 Å². The highest BCUT2D eigenvalue weighted by Gasteiger charge is 2.26. The highest BCUT2D eigenvalue weighted by Crippen LogP contribution is 2.25. The summed E-state index contributed by atoms with van der Waals surface area (Å²) < 4.78 is 7.89. The summed E-state index contributed by atoms with van der Waals surface area (Å²) in [7, 11) is 0. The fourth-order valence-electron chi connectivity index (χ4n) is 2.88. The van der Waals surface area contributed by atoms with E-state index in [1.54, 1.807) is 0 Å². The molecule has 1 aliphatic heterocycles. The summed E-state index contributed by atoms with van der Waals surface area (Å²) in [4.78, 5) is 9.27. The van der Waals surface area contributed by atoms with Crippen LogP contribution in [0.1, 0.15) is 24.7 Å². The Morgan fingerprint density at radius 3 is 3.05 bits per heavy atom. The number of hydrogen-bond acceptors (Lipinski definition) is 3. The van der Waals surface area contributed by atoms with Crippen LogP contribution in [0.25, 0.3) is 11.2 Å². The molecule has 108 valence electrons. The normalized spacial score (nSPS) is 22.8. The Labute approximate surface area is 124 Å². The van der Waals surface area contributed by atoms with Gasteiger partial charge in [-0.2, -0.15) is 0 Å². The van der Waals surface area contributed by atoms with Crippen LogP contribution in [-0.2, 0) is 17.7 Å². The number of halogens is 1. The average Bonchev–Trinajstić information content (AvgIpc) is 2.96. The van der Waals surface area contributed by atoms with E-state index in [1.165, 1.54) is 0 Å². The molecule has 2 unspecified atom stereocenters. The lowest BCUT2D eigenvalue weighted by atomic mass is 10.0. The number of hydrogen-bond donors (Lipinski definition) is 0. The largest absolute Gasteiger partial charge is 0.378 e. The predicted octanol–water partition coefficient (Wildman–Crippen LogP) is 2.95. The minimum atomic E-state index is 0.307. The second-order valence-electron chi connectivity index (χ2n) is 5.56. The van der Waals surface area contributed by atoms with Gasteiger partial charge < -0.3 is 9.30 Å². The van der Waals surface area contributed by atoms with Crippen LogP contribution in [0.3, 0.4) is 0 Å². The van der Waals surface area contributed by atoms with Crippen molar-refractivity contribution in [2.45, 2.75) is 39.3 Å². The Kier molecular flexibility index (Phi) is 3.94. The van der Waals surface area contributed by atoms with E-state index in [0.717, 1.165) is 48.5 Å². The smallest absolute Gasteiger partial charge is 0.160 e. The van der Waals surface area contributed by atoms with Gasteiger partial charge >= 0.3 is 0 Å². The maximum absolute atomic E-state index is 5.91. The molecule has 1 fully saturated rings. The van der Waals surface area contributed by atoms with E-state index < -0.39 is 0 Å². The SMILES string of the molecule is Cc1cnc2c(c1)nc(CCCl)n2CC1CCOC1C. The van der Waals surface area contributed by atoms with E-state index in [-0.39, 0.29) is 0 Å². The molecule has 0 saturated carbocycles. The van der Waals surface area contributed by atoms with E-state index >= 15 is 0 Å². The molecule has 0 radical (unpaired) electrons. The summed E-state index contributed by atoms with van der Waals surface area (Å²) in [6, 6.07) is 2.09. The minimum absolute atomic E-state index is 0.307. The molecule has 1 aliphatic rings. The Bertz CT molecular complexity index is 610. The van der Waals surface area contributed by atoms with Crippen molar-refractivity contribution in [3.8, 4) is 0 Å². The quantitative estimate of drug-likeness (QED) is 0.814.